The molecule has 2 aliphatic rings. The van der Waals surface area contributed by atoms with E-state index in [1.54, 1.807) is 4.90 Å². The van der Waals surface area contributed by atoms with Gasteiger partial charge in [0.25, 0.3) is 0 Å². The first-order chi connectivity index (χ1) is 12.1. The number of nitrogens with one attached hydrogen (secondary N) is 1. The van der Waals surface area contributed by atoms with E-state index in [1.165, 1.54) is 11.1 Å². The Morgan fingerprint density at radius 3 is 2.60 bits per heavy atom. The Labute approximate surface area is 150 Å². The Hall–Kier alpha value is -1.88. The molecular weight excluding hydrogens is 314 g/mol. The third-order valence-electron chi connectivity index (χ3n) is 5.28. The Balaban J connectivity index is 1.49. The van der Waals surface area contributed by atoms with Gasteiger partial charge in [0, 0.05) is 39.1 Å². The lowest BCUT2D eigenvalue weighted by molar-refractivity contribution is -0.139. The molecule has 1 atom stereocenters. The van der Waals surface area contributed by atoms with Gasteiger partial charge in [-0.2, -0.15) is 0 Å². The van der Waals surface area contributed by atoms with Crippen LogP contribution in [0.4, 0.5) is 0 Å². The van der Waals surface area contributed by atoms with Crippen molar-refractivity contribution >= 4 is 11.8 Å². The van der Waals surface area contributed by atoms with Gasteiger partial charge in [0.15, 0.2) is 0 Å². The van der Waals surface area contributed by atoms with Crippen molar-refractivity contribution in [2.75, 3.05) is 26.2 Å². The zero-order chi connectivity index (χ0) is 17.8. The van der Waals surface area contributed by atoms with E-state index in [4.69, 9.17) is 0 Å². The zero-order valence-corrected chi connectivity index (χ0v) is 15.3. The maximum Gasteiger partial charge on any atom is 0.243 e. The molecule has 2 amide bonds. The molecule has 1 fully saturated rings. The van der Waals surface area contributed by atoms with Crippen LogP contribution in [0.3, 0.4) is 0 Å². The highest BCUT2D eigenvalue weighted by Gasteiger charge is 2.34. The Morgan fingerprint density at radius 1 is 1.16 bits per heavy atom. The van der Waals surface area contributed by atoms with Crippen molar-refractivity contribution in [3.8, 4) is 0 Å². The fourth-order valence-corrected chi connectivity index (χ4v) is 3.95. The van der Waals surface area contributed by atoms with E-state index < -0.39 is 0 Å². The van der Waals surface area contributed by atoms with E-state index in [-0.39, 0.29) is 23.8 Å². The summed E-state index contributed by atoms with van der Waals surface area (Å²) in [5, 5.41) is 3.06. The van der Waals surface area contributed by atoms with Crippen LogP contribution in [0.25, 0.3) is 0 Å². The summed E-state index contributed by atoms with van der Waals surface area (Å²) in [5.41, 5.74) is 2.83. The summed E-state index contributed by atoms with van der Waals surface area (Å²) >= 11 is 0. The molecule has 0 radical (unpaired) electrons. The Kier molecular flexibility index (Phi) is 5.74. The molecule has 1 aromatic rings. The van der Waals surface area contributed by atoms with Gasteiger partial charge in [0.05, 0.1) is 0 Å². The predicted octanol–water partition coefficient (Wildman–Crippen LogP) is 1.81. The maximum atomic E-state index is 12.6. The van der Waals surface area contributed by atoms with Crippen LogP contribution in [0.2, 0.25) is 0 Å². The number of likely N-dealkylation sites (tertiary alicyclic amines) is 1. The largest absolute Gasteiger partial charge is 0.353 e. The quantitative estimate of drug-likeness (QED) is 0.857. The molecule has 136 valence electrons. The van der Waals surface area contributed by atoms with Crippen LogP contribution >= 0.6 is 0 Å². The molecule has 2 heterocycles. The lowest BCUT2D eigenvalue weighted by Gasteiger charge is -2.31. The minimum atomic E-state index is -0.336. The van der Waals surface area contributed by atoms with Crippen molar-refractivity contribution < 1.29 is 9.59 Å². The van der Waals surface area contributed by atoms with E-state index in [1.807, 2.05) is 13.8 Å². The van der Waals surface area contributed by atoms with Gasteiger partial charge >= 0.3 is 0 Å². The first kappa shape index (κ1) is 17.9. The van der Waals surface area contributed by atoms with Crippen LogP contribution in [0.5, 0.6) is 0 Å². The number of carbonyl (C=O) groups excluding carboxylic acids is 2. The molecule has 0 saturated carbocycles. The van der Waals surface area contributed by atoms with Crippen molar-refractivity contribution in [3.63, 3.8) is 0 Å². The molecule has 0 bridgehead atoms. The smallest absolute Gasteiger partial charge is 0.243 e. The third-order valence-corrected chi connectivity index (χ3v) is 5.28. The van der Waals surface area contributed by atoms with Crippen LogP contribution in [0, 0.1) is 5.92 Å². The minimum absolute atomic E-state index is 0.0114. The van der Waals surface area contributed by atoms with Gasteiger partial charge in [0.1, 0.15) is 6.04 Å². The van der Waals surface area contributed by atoms with Gasteiger partial charge in [0.2, 0.25) is 11.8 Å². The number of nitrogens with zero attached hydrogens (tertiary/aromatic N) is 2. The fraction of sp³-hybridized carbons (Fsp3) is 0.600. The molecule has 1 saturated heterocycles. The second-order valence-corrected chi connectivity index (χ2v) is 7.47. The molecule has 0 aromatic heterocycles. The SMILES string of the molecule is CC(C)C(C(=O)NCCN1CCc2ccccc2C1)N1CCCC1=O. The molecule has 1 unspecified atom stereocenters. The van der Waals surface area contributed by atoms with Gasteiger partial charge in [-0.15, -0.1) is 0 Å². The minimum Gasteiger partial charge on any atom is -0.353 e. The van der Waals surface area contributed by atoms with Crippen molar-refractivity contribution in [3.05, 3.63) is 35.4 Å². The van der Waals surface area contributed by atoms with Crippen molar-refractivity contribution in [2.24, 2.45) is 5.92 Å². The predicted molar refractivity (Wildman–Crippen MR) is 98.0 cm³/mol. The van der Waals surface area contributed by atoms with E-state index in [0.29, 0.717) is 19.5 Å². The molecule has 25 heavy (non-hydrogen) atoms. The molecule has 0 aliphatic carbocycles. The lowest BCUT2D eigenvalue weighted by Crippen LogP contribution is -2.51. The van der Waals surface area contributed by atoms with Crippen LogP contribution < -0.4 is 5.32 Å². The van der Waals surface area contributed by atoms with Crippen LogP contribution in [-0.4, -0.2) is 53.8 Å². The molecular formula is C20H29N3O2. The second-order valence-electron chi connectivity index (χ2n) is 7.47. The number of hydrogen-bond acceptors (Lipinski definition) is 3. The number of hydrogen-bond donors (Lipinski definition) is 1. The average Bonchev–Trinajstić information content (AvgIpc) is 3.00. The third kappa shape index (κ3) is 4.21. The summed E-state index contributed by atoms with van der Waals surface area (Å²) in [5.74, 6) is 0.230. The van der Waals surface area contributed by atoms with Gasteiger partial charge in [-0.05, 0) is 29.9 Å². The Bertz CT molecular complexity index is 629. The summed E-state index contributed by atoms with van der Waals surface area (Å²) in [6.07, 6.45) is 2.51. The number of amides is 2. The highest BCUT2D eigenvalue weighted by Crippen LogP contribution is 2.20. The highest BCUT2D eigenvalue weighted by atomic mass is 16.2. The topological polar surface area (TPSA) is 52.7 Å². The molecule has 5 nitrogen and oxygen atoms in total. The first-order valence-corrected chi connectivity index (χ1v) is 9.42. The molecule has 1 N–H and O–H groups in total. The molecule has 1 aromatic carbocycles. The summed E-state index contributed by atoms with van der Waals surface area (Å²) in [6, 6.07) is 8.24. The summed E-state index contributed by atoms with van der Waals surface area (Å²) < 4.78 is 0. The second kappa shape index (κ2) is 8.00. The molecule has 0 spiro atoms. The normalized spacial score (nSPS) is 19.2. The zero-order valence-electron chi connectivity index (χ0n) is 15.3. The average molecular weight is 343 g/mol. The lowest BCUT2D eigenvalue weighted by atomic mass is 10.00. The van der Waals surface area contributed by atoms with E-state index in [2.05, 4.69) is 34.5 Å². The number of benzene rings is 1. The van der Waals surface area contributed by atoms with E-state index in [0.717, 1.165) is 32.5 Å². The summed E-state index contributed by atoms with van der Waals surface area (Å²) in [6.45, 7) is 8.19. The van der Waals surface area contributed by atoms with Gasteiger partial charge in [-0.25, -0.2) is 0 Å². The maximum absolute atomic E-state index is 12.6. The van der Waals surface area contributed by atoms with Crippen molar-refractivity contribution in [1.29, 1.82) is 0 Å². The van der Waals surface area contributed by atoms with E-state index >= 15 is 0 Å². The summed E-state index contributed by atoms with van der Waals surface area (Å²) in [4.78, 5) is 28.8. The van der Waals surface area contributed by atoms with Crippen LogP contribution in [0.1, 0.15) is 37.8 Å². The number of fused-ring (bicyclic) bond motifs is 1. The van der Waals surface area contributed by atoms with Gasteiger partial charge in [-0.3, -0.25) is 14.5 Å². The van der Waals surface area contributed by atoms with Gasteiger partial charge < -0.3 is 10.2 Å². The highest BCUT2D eigenvalue weighted by molar-refractivity contribution is 5.88. The first-order valence-electron chi connectivity index (χ1n) is 9.42. The Morgan fingerprint density at radius 2 is 1.92 bits per heavy atom. The number of rotatable bonds is 6. The fourth-order valence-electron chi connectivity index (χ4n) is 3.95. The van der Waals surface area contributed by atoms with Crippen molar-refractivity contribution in [2.45, 2.75) is 45.7 Å². The molecule has 2 aliphatic heterocycles. The van der Waals surface area contributed by atoms with Crippen LogP contribution in [-0.2, 0) is 22.6 Å². The van der Waals surface area contributed by atoms with E-state index in [9.17, 15) is 9.59 Å². The van der Waals surface area contributed by atoms with Crippen LogP contribution in [0.15, 0.2) is 24.3 Å². The number of carbonyl (C=O) groups is 2. The molecule has 5 heteroatoms. The molecule has 3 rings (SSSR count). The standard InChI is InChI=1S/C20H29N3O2/c1-15(2)19(23-11-5-8-18(23)24)20(25)21-10-13-22-12-9-16-6-3-4-7-17(16)14-22/h3-4,6-7,15,19H,5,8-14H2,1-2H3,(H,21,25). The van der Waals surface area contributed by atoms with Crippen molar-refractivity contribution in [1.82, 2.24) is 15.1 Å². The van der Waals surface area contributed by atoms with Gasteiger partial charge in [-0.1, -0.05) is 38.1 Å². The summed E-state index contributed by atoms with van der Waals surface area (Å²) in [7, 11) is 0. The monoisotopic (exact) mass is 343 g/mol.